The van der Waals surface area contributed by atoms with Crippen LogP contribution < -0.4 is 5.69 Å². The predicted molar refractivity (Wildman–Crippen MR) is 82.3 cm³/mol. The fourth-order valence-electron chi connectivity index (χ4n) is 1.60. The third-order valence-corrected chi connectivity index (χ3v) is 3.62. The van der Waals surface area contributed by atoms with Gasteiger partial charge in [0.25, 0.3) is 0 Å². The normalized spacial score (nSPS) is 12.0. The molecule has 0 fully saturated rings. The summed E-state index contributed by atoms with van der Waals surface area (Å²) < 4.78 is 38.9. The Labute approximate surface area is 139 Å². The first-order chi connectivity index (χ1) is 10.2. The molecule has 0 bridgehead atoms. The lowest BCUT2D eigenvalue weighted by molar-refractivity contribution is -0.141. The summed E-state index contributed by atoms with van der Waals surface area (Å²) in [6.07, 6.45) is -2.11. The van der Waals surface area contributed by atoms with Crippen LogP contribution in [0.1, 0.15) is 17.0 Å². The van der Waals surface area contributed by atoms with E-state index < -0.39 is 17.6 Å². The maximum Gasteiger partial charge on any atom is 0.431 e. The lowest BCUT2D eigenvalue weighted by Gasteiger charge is -2.06. The third kappa shape index (κ3) is 3.98. The van der Waals surface area contributed by atoms with Crippen LogP contribution in [0, 0.1) is 0 Å². The van der Waals surface area contributed by atoms with Gasteiger partial charge in [-0.2, -0.15) is 18.2 Å². The SMILES string of the molecule is O=c1nc(C=Cc2cc(Br)cc(Br)c2O)cc(C(F)(F)F)[nH]1. The first-order valence-electron chi connectivity index (χ1n) is 5.71. The van der Waals surface area contributed by atoms with Crippen molar-refractivity contribution >= 4 is 44.0 Å². The largest absolute Gasteiger partial charge is 0.506 e. The van der Waals surface area contributed by atoms with Crippen LogP contribution in [0.25, 0.3) is 12.2 Å². The molecular formula is C13H7Br2F3N2O2. The number of halogens is 5. The lowest BCUT2D eigenvalue weighted by atomic mass is 10.1. The van der Waals surface area contributed by atoms with Gasteiger partial charge in [0.05, 0.1) is 10.2 Å². The van der Waals surface area contributed by atoms with Gasteiger partial charge in [0.1, 0.15) is 11.4 Å². The zero-order valence-electron chi connectivity index (χ0n) is 10.6. The van der Waals surface area contributed by atoms with Gasteiger partial charge in [-0.05, 0) is 46.3 Å². The maximum atomic E-state index is 12.6. The summed E-state index contributed by atoms with van der Waals surface area (Å²) in [7, 11) is 0. The Morgan fingerprint density at radius 1 is 1.18 bits per heavy atom. The summed E-state index contributed by atoms with van der Waals surface area (Å²) in [5.41, 5.74) is -2.12. The minimum Gasteiger partial charge on any atom is -0.506 e. The molecule has 9 heteroatoms. The van der Waals surface area contributed by atoms with Gasteiger partial charge in [0.2, 0.25) is 0 Å². The van der Waals surface area contributed by atoms with Crippen LogP contribution in [0.5, 0.6) is 5.75 Å². The Bertz CT molecular complexity index is 801. The fraction of sp³-hybridized carbons (Fsp3) is 0.0769. The Morgan fingerprint density at radius 2 is 1.86 bits per heavy atom. The van der Waals surface area contributed by atoms with Crippen molar-refractivity contribution in [1.82, 2.24) is 9.97 Å². The molecule has 1 heterocycles. The second-order valence-corrected chi connectivity index (χ2v) is 5.95. The van der Waals surface area contributed by atoms with E-state index in [0.29, 0.717) is 20.6 Å². The van der Waals surface area contributed by atoms with Crippen LogP contribution in [0.3, 0.4) is 0 Å². The molecule has 2 N–H and O–H groups in total. The van der Waals surface area contributed by atoms with Crippen LogP contribution in [0.4, 0.5) is 13.2 Å². The summed E-state index contributed by atoms with van der Waals surface area (Å²) >= 11 is 6.37. The van der Waals surface area contributed by atoms with Gasteiger partial charge < -0.3 is 10.1 Å². The highest BCUT2D eigenvalue weighted by atomic mass is 79.9. The molecule has 2 aromatic rings. The number of hydrogen-bond donors (Lipinski definition) is 2. The number of aromatic nitrogens is 2. The molecule has 0 atom stereocenters. The van der Waals surface area contributed by atoms with E-state index >= 15 is 0 Å². The number of phenols is 1. The number of hydrogen-bond acceptors (Lipinski definition) is 3. The van der Waals surface area contributed by atoms with E-state index in [1.54, 1.807) is 17.1 Å². The molecule has 116 valence electrons. The van der Waals surface area contributed by atoms with Gasteiger partial charge in [0, 0.05) is 10.0 Å². The van der Waals surface area contributed by atoms with E-state index in [-0.39, 0.29) is 11.4 Å². The van der Waals surface area contributed by atoms with E-state index in [2.05, 4.69) is 36.8 Å². The zero-order valence-corrected chi connectivity index (χ0v) is 13.8. The maximum absolute atomic E-state index is 12.6. The first kappa shape index (κ1) is 16.8. The Hall–Kier alpha value is -1.61. The molecule has 0 saturated heterocycles. The molecule has 4 nitrogen and oxygen atoms in total. The summed E-state index contributed by atoms with van der Waals surface area (Å²) in [6, 6.07) is 3.89. The fourth-order valence-corrected chi connectivity index (χ4v) is 2.86. The number of benzene rings is 1. The van der Waals surface area contributed by atoms with Crippen molar-refractivity contribution in [3.05, 3.63) is 54.6 Å². The monoisotopic (exact) mass is 438 g/mol. The van der Waals surface area contributed by atoms with Crippen LogP contribution in [-0.4, -0.2) is 15.1 Å². The predicted octanol–water partition coefficient (Wildman–Crippen LogP) is 4.19. The average molecular weight is 440 g/mol. The molecule has 2 rings (SSSR count). The van der Waals surface area contributed by atoms with Gasteiger partial charge in [-0.1, -0.05) is 15.9 Å². The van der Waals surface area contributed by atoms with E-state index in [4.69, 9.17) is 0 Å². The molecule has 0 aliphatic rings. The average Bonchev–Trinajstić information content (AvgIpc) is 2.39. The quantitative estimate of drug-likeness (QED) is 0.737. The molecule has 22 heavy (non-hydrogen) atoms. The van der Waals surface area contributed by atoms with E-state index in [1.807, 2.05) is 0 Å². The number of phenolic OH excluding ortho intramolecular Hbond substituents is 1. The minimum atomic E-state index is -4.67. The smallest absolute Gasteiger partial charge is 0.431 e. The topological polar surface area (TPSA) is 66.0 Å². The molecular weight excluding hydrogens is 433 g/mol. The van der Waals surface area contributed by atoms with E-state index in [1.165, 1.54) is 12.2 Å². The van der Waals surface area contributed by atoms with Crippen molar-refractivity contribution in [2.75, 3.05) is 0 Å². The van der Waals surface area contributed by atoms with Crippen molar-refractivity contribution in [2.24, 2.45) is 0 Å². The van der Waals surface area contributed by atoms with Crippen LogP contribution in [-0.2, 0) is 6.18 Å². The van der Waals surface area contributed by atoms with Crippen LogP contribution in [0.2, 0.25) is 0 Å². The van der Waals surface area contributed by atoms with Gasteiger partial charge in [-0.25, -0.2) is 4.79 Å². The number of nitrogens with one attached hydrogen (secondary N) is 1. The number of nitrogens with zero attached hydrogens (tertiary/aromatic N) is 1. The molecule has 0 unspecified atom stereocenters. The highest BCUT2D eigenvalue weighted by molar-refractivity contribution is 9.11. The number of aromatic amines is 1. The third-order valence-electron chi connectivity index (χ3n) is 2.56. The van der Waals surface area contributed by atoms with Crippen molar-refractivity contribution < 1.29 is 18.3 Å². The minimum absolute atomic E-state index is 0.0830. The Kier molecular flexibility index (Phi) is 4.76. The van der Waals surface area contributed by atoms with Crippen molar-refractivity contribution in [2.45, 2.75) is 6.18 Å². The number of rotatable bonds is 2. The molecule has 1 aromatic carbocycles. The summed E-state index contributed by atoms with van der Waals surface area (Å²) in [5.74, 6) is -0.0830. The molecule has 1 aromatic heterocycles. The standard InChI is InChI=1S/C13H7Br2F3N2O2/c14-7-3-6(11(21)9(15)4-7)1-2-8-5-10(13(16,17)18)20-12(22)19-8/h1-5,21H,(H,19,20,22). The van der Waals surface area contributed by atoms with Crippen molar-refractivity contribution in [3.8, 4) is 5.75 Å². The number of alkyl halides is 3. The van der Waals surface area contributed by atoms with Crippen molar-refractivity contribution in [1.29, 1.82) is 0 Å². The highest BCUT2D eigenvalue weighted by Crippen LogP contribution is 2.33. The molecule has 0 aliphatic carbocycles. The van der Waals surface area contributed by atoms with Crippen molar-refractivity contribution in [3.63, 3.8) is 0 Å². The molecule has 0 aliphatic heterocycles. The van der Waals surface area contributed by atoms with E-state index in [0.717, 1.165) is 0 Å². The first-order valence-corrected chi connectivity index (χ1v) is 7.30. The Balaban J connectivity index is 2.43. The molecule has 0 amide bonds. The second-order valence-electron chi connectivity index (χ2n) is 4.18. The highest BCUT2D eigenvalue weighted by Gasteiger charge is 2.32. The van der Waals surface area contributed by atoms with Gasteiger partial charge in [-0.3, -0.25) is 0 Å². The van der Waals surface area contributed by atoms with E-state index in [9.17, 15) is 23.1 Å². The molecule has 0 saturated carbocycles. The van der Waals surface area contributed by atoms with Gasteiger partial charge >= 0.3 is 11.9 Å². The van der Waals surface area contributed by atoms with Crippen LogP contribution >= 0.6 is 31.9 Å². The second kappa shape index (κ2) is 6.25. The summed E-state index contributed by atoms with van der Waals surface area (Å²) in [4.78, 5) is 16.2. The summed E-state index contributed by atoms with van der Waals surface area (Å²) in [6.45, 7) is 0. The van der Waals surface area contributed by atoms with Gasteiger partial charge in [0.15, 0.2) is 0 Å². The van der Waals surface area contributed by atoms with Gasteiger partial charge in [-0.15, -0.1) is 0 Å². The van der Waals surface area contributed by atoms with Crippen LogP contribution in [0.15, 0.2) is 31.9 Å². The summed E-state index contributed by atoms with van der Waals surface area (Å²) in [5, 5.41) is 9.85. The Morgan fingerprint density at radius 3 is 2.50 bits per heavy atom. The number of H-pyrrole nitrogens is 1. The molecule has 0 spiro atoms. The zero-order chi connectivity index (χ0) is 16.5. The number of aromatic hydroxyl groups is 1. The lowest BCUT2D eigenvalue weighted by Crippen LogP contribution is -2.19. The molecule has 0 radical (unpaired) electrons.